The second-order valence-electron chi connectivity index (χ2n) is 4.48. The normalized spacial score (nSPS) is 11.1. The number of para-hydroxylation sites is 1. The number of alkyl halides is 2. The molecule has 0 aliphatic rings. The third kappa shape index (κ3) is 5.83. The van der Waals surface area contributed by atoms with Gasteiger partial charge in [-0.25, -0.2) is 0 Å². The van der Waals surface area contributed by atoms with Gasteiger partial charge in [0.1, 0.15) is 4.84 Å². The maximum atomic E-state index is 9.62. The Labute approximate surface area is 119 Å². The minimum Gasteiger partial charge on any atom is -0.504 e. The Bertz CT molecular complexity index is 354. The Balaban J connectivity index is 2.13. The van der Waals surface area contributed by atoms with Gasteiger partial charge in [-0.3, -0.25) is 0 Å². The molecule has 2 nitrogen and oxygen atoms in total. The van der Waals surface area contributed by atoms with E-state index in [-0.39, 0.29) is 16.3 Å². The summed E-state index contributed by atoms with van der Waals surface area (Å²) in [5, 5.41) is 19.0. The number of hydrogen-bond acceptors (Lipinski definition) is 2. The number of hydrogen-bond donors (Lipinski definition) is 2. The van der Waals surface area contributed by atoms with E-state index < -0.39 is 0 Å². The van der Waals surface area contributed by atoms with Gasteiger partial charge in [0.25, 0.3) is 0 Å². The largest absolute Gasteiger partial charge is 0.504 e. The van der Waals surface area contributed by atoms with Crippen molar-refractivity contribution >= 4 is 23.2 Å². The minimum absolute atomic E-state index is 0.0182. The van der Waals surface area contributed by atoms with E-state index in [4.69, 9.17) is 23.2 Å². The van der Waals surface area contributed by atoms with Gasteiger partial charge < -0.3 is 10.2 Å². The first-order valence-corrected chi connectivity index (χ1v) is 7.26. The molecule has 0 fully saturated rings. The molecular weight excluding hydrogens is 271 g/mol. The van der Waals surface area contributed by atoms with Gasteiger partial charge in [-0.1, -0.05) is 37.8 Å². The molecule has 0 bridgehead atoms. The highest BCUT2D eigenvalue weighted by Gasteiger charge is 2.05. The summed E-state index contributed by atoms with van der Waals surface area (Å²) < 4.78 is 0. The van der Waals surface area contributed by atoms with Gasteiger partial charge in [-0.2, -0.15) is 0 Å². The summed E-state index contributed by atoms with van der Waals surface area (Å²) in [5.74, 6) is -0.0209. The molecule has 0 saturated heterocycles. The first kappa shape index (κ1) is 15.5. The van der Waals surface area contributed by atoms with Crippen molar-refractivity contribution in [1.29, 1.82) is 0 Å². The molecule has 1 aromatic rings. The number of phenols is 2. The number of aryl methyl sites for hydroxylation is 1. The molecule has 0 heterocycles. The van der Waals surface area contributed by atoms with Crippen LogP contribution in [0.3, 0.4) is 0 Å². The predicted molar refractivity (Wildman–Crippen MR) is 76.7 cm³/mol. The van der Waals surface area contributed by atoms with Crippen molar-refractivity contribution in [3.05, 3.63) is 23.8 Å². The lowest BCUT2D eigenvalue weighted by Gasteiger charge is -2.06. The van der Waals surface area contributed by atoms with Crippen LogP contribution in [0.5, 0.6) is 11.5 Å². The number of halogens is 2. The summed E-state index contributed by atoms with van der Waals surface area (Å²) in [5.41, 5.74) is 0.816. The molecule has 1 rings (SSSR count). The molecule has 0 spiro atoms. The average Bonchev–Trinajstić information content (AvgIpc) is 2.32. The Morgan fingerprint density at radius 3 is 2.33 bits per heavy atom. The molecule has 0 unspecified atom stereocenters. The van der Waals surface area contributed by atoms with Crippen LogP contribution in [0.4, 0.5) is 0 Å². The van der Waals surface area contributed by atoms with E-state index in [1.807, 2.05) is 6.07 Å². The zero-order valence-electron chi connectivity index (χ0n) is 10.4. The molecule has 2 N–H and O–H groups in total. The number of rotatable bonds is 8. The molecular formula is C14H20Cl2O2. The van der Waals surface area contributed by atoms with Crippen molar-refractivity contribution in [2.24, 2.45) is 0 Å². The smallest absolute Gasteiger partial charge is 0.160 e. The second-order valence-corrected chi connectivity index (χ2v) is 5.76. The number of aromatic hydroxyl groups is 2. The molecule has 102 valence electrons. The van der Waals surface area contributed by atoms with Gasteiger partial charge in [0.2, 0.25) is 0 Å². The summed E-state index contributed by atoms with van der Waals surface area (Å²) >= 11 is 11.3. The molecule has 0 atom stereocenters. The lowest BCUT2D eigenvalue weighted by atomic mass is 10.0. The number of benzene rings is 1. The first-order valence-electron chi connectivity index (χ1n) is 6.39. The fourth-order valence-corrected chi connectivity index (χ4v) is 2.23. The lowest BCUT2D eigenvalue weighted by Crippen LogP contribution is -1.89. The quantitative estimate of drug-likeness (QED) is 0.411. The van der Waals surface area contributed by atoms with Crippen LogP contribution in [0.1, 0.15) is 44.1 Å². The van der Waals surface area contributed by atoms with Crippen molar-refractivity contribution in [3.63, 3.8) is 0 Å². The monoisotopic (exact) mass is 290 g/mol. The molecule has 1 aromatic carbocycles. The predicted octanol–water partition coefficient (Wildman–Crippen LogP) is 4.78. The highest BCUT2D eigenvalue weighted by atomic mass is 35.5. The van der Waals surface area contributed by atoms with Gasteiger partial charge in [-0.05, 0) is 30.9 Å². The van der Waals surface area contributed by atoms with Crippen LogP contribution in [0.25, 0.3) is 0 Å². The minimum atomic E-state index is -0.241. The Kier molecular flexibility index (Phi) is 7.29. The standard InChI is InChI=1S/C14H20Cl2O2/c15-13(16)10-5-3-1-2-4-7-11-8-6-9-12(17)14(11)18/h6,8-9,13,17-18H,1-5,7,10H2. The molecule has 0 aliphatic carbocycles. The fourth-order valence-electron chi connectivity index (χ4n) is 1.92. The third-order valence-electron chi connectivity index (χ3n) is 2.97. The number of phenolic OH excluding ortho intramolecular Hbond substituents is 2. The topological polar surface area (TPSA) is 40.5 Å². The van der Waals surface area contributed by atoms with Crippen LogP contribution in [0, 0.1) is 0 Å². The second kappa shape index (κ2) is 8.49. The Morgan fingerprint density at radius 2 is 1.61 bits per heavy atom. The van der Waals surface area contributed by atoms with Crippen LogP contribution in [0.15, 0.2) is 18.2 Å². The molecule has 0 aromatic heterocycles. The van der Waals surface area contributed by atoms with Crippen molar-refractivity contribution in [2.45, 2.75) is 49.8 Å². The fraction of sp³-hybridized carbons (Fsp3) is 0.571. The van der Waals surface area contributed by atoms with E-state index in [2.05, 4.69) is 0 Å². The van der Waals surface area contributed by atoms with Crippen LogP contribution in [-0.2, 0) is 6.42 Å². The highest BCUT2D eigenvalue weighted by Crippen LogP contribution is 2.29. The van der Waals surface area contributed by atoms with E-state index in [1.165, 1.54) is 6.07 Å². The Hall–Kier alpha value is -0.600. The average molecular weight is 291 g/mol. The van der Waals surface area contributed by atoms with Crippen molar-refractivity contribution in [3.8, 4) is 11.5 Å². The zero-order chi connectivity index (χ0) is 13.4. The summed E-state index contributed by atoms with van der Waals surface area (Å²) in [6, 6.07) is 5.10. The molecule has 0 amide bonds. The van der Waals surface area contributed by atoms with E-state index in [9.17, 15) is 10.2 Å². The maximum Gasteiger partial charge on any atom is 0.160 e. The van der Waals surface area contributed by atoms with E-state index in [0.29, 0.717) is 0 Å². The summed E-state index contributed by atoms with van der Waals surface area (Å²) in [6.07, 6.45) is 7.15. The SMILES string of the molecule is Oc1cccc(CCCCCCCC(Cl)Cl)c1O. The third-order valence-corrected chi connectivity index (χ3v) is 3.40. The van der Waals surface area contributed by atoms with E-state index in [0.717, 1.165) is 50.5 Å². The van der Waals surface area contributed by atoms with Gasteiger partial charge in [0.15, 0.2) is 11.5 Å². The molecule has 0 aliphatic heterocycles. The van der Waals surface area contributed by atoms with E-state index >= 15 is 0 Å². The van der Waals surface area contributed by atoms with Crippen LogP contribution in [-0.4, -0.2) is 15.0 Å². The maximum absolute atomic E-state index is 9.62. The molecule has 4 heteroatoms. The van der Waals surface area contributed by atoms with Gasteiger partial charge in [0, 0.05) is 0 Å². The van der Waals surface area contributed by atoms with Crippen LogP contribution >= 0.6 is 23.2 Å². The molecule has 0 saturated carbocycles. The van der Waals surface area contributed by atoms with Crippen LogP contribution in [0.2, 0.25) is 0 Å². The summed E-state index contributed by atoms with van der Waals surface area (Å²) in [6.45, 7) is 0. The Morgan fingerprint density at radius 1 is 0.944 bits per heavy atom. The lowest BCUT2D eigenvalue weighted by molar-refractivity contribution is 0.398. The van der Waals surface area contributed by atoms with Gasteiger partial charge in [-0.15, -0.1) is 23.2 Å². The zero-order valence-corrected chi connectivity index (χ0v) is 11.9. The molecule has 18 heavy (non-hydrogen) atoms. The van der Waals surface area contributed by atoms with Crippen molar-refractivity contribution in [1.82, 2.24) is 0 Å². The van der Waals surface area contributed by atoms with Crippen molar-refractivity contribution in [2.75, 3.05) is 0 Å². The van der Waals surface area contributed by atoms with E-state index in [1.54, 1.807) is 6.07 Å². The molecule has 0 radical (unpaired) electrons. The summed E-state index contributed by atoms with van der Waals surface area (Å²) in [4.78, 5) is -0.241. The number of unbranched alkanes of at least 4 members (excludes halogenated alkanes) is 4. The summed E-state index contributed by atoms with van der Waals surface area (Å²) in [7, 11) is 0. The first-order chi connectivity index (χ1) is 8.61. The van der Waals surface area contributed by atoms with Gasteiger partial charge >= 0.3 is 0 Å². The van der Waals surface area contributed by atoms with Crippen LogP contribution < -0.4 is 0 Å². The van der Waals surface area contributed by atoms with Gasteiger partial charge in [0.05, 0.1) is 0 Å². The highest BCUT2D eigenvalue weighted by molar-refractivity contribution is 6.44. The van der Waals surface area contributed by atoms with Crippen molar-refractivity contribution < 1.29 is 10.2 Å².